The highest BCUT2D eigenvalue weighted by Gasteiger charge is 2.06. The molecule has 0 bridgehead atoms. The molecule has 0 saturated carbocycles. The molecular weight excluding hydrogens is 290 g/mol. The van der Waals surface area contributed by atoms with Crippen LogP contribution in [0.4, 0.5) is 4.79 Å². The minimum absolute atomic E-state index is 0.658. The Kier molecular flexibility index (Phi) is 5.52. The molecule has 0 spiro atoms. The number of nitrogens with one attached hydrogen (secondary N) is 1. The minimum atomic E-state index is -0.693. The number of allylic oxidation sites excluding steroid dienone is 1. The first-order chi connectivity index (χ1) is 11.1. The Bertz CT molecular complexity index is 720. The average Bonchev–Trinajstić information content (AvgIpc) is 2.59. The summed E-state index contributed by atoms with van der Waals surface area (Å²) in [5.74, 6) is 0.796. The fourth-order valence-corrected chi connectivity index (χ4v) is 2.08. The molecule has 118 valence electrons. The van der Waals surface area contributed by atoms with Crippen molar-refractivity contribution in [3.63, 3.8) is 0 Å². The first-order valence-electron chi connectivity index (χ1n) is 7.11. The van der Waals surface area contributed by atoms with Gasteiger partial charge in [0, 0.05) is 5.57 Å². The van der Waals surface area contributed by atoms with Crippen LogP contribution in [0.1, 0.15) is 18.1 Å². The van der Waals surface area contributed by atoms with Crippen LogP contribution in [0.3, 0.4) is 0 Å². The van der Waals surface area contributed by atoms with Gasteiger partial charge < -0.3 is 10.5 Å². The molecule has 0 aliphatic heterocycles. The second-order valence-electron chi connectivity index (χ2n) is 4.87. The van der Waals surface area contributed by atoms with E-state index in [1.165, 1.54) is 0 Å². The molecule has 0 radical (unpaired) electrons. The molecule has 5 nitrogen and oxygen atoms in total. The summed E-state index contributed by atoms with van der Waals surface area (Å²) in [6.45, 7) is 1.82. The number of amides is 2. The Labute approximate surface area is 135 Å². The van der Waals surface area contributed by atoms with Gasteiger partial charge in [-0.25, -0.2) is 10.2 Å². The summed E-state index contributed by atoms with van der Waals surface area (Å²) in [5.41, 5.74) is 10.9. The normalized spacial score (nSPS) is 11.9. The van der Waals surface area contributed by atoms with Crippen molar-refractivity contribution in [1.29, 1.82) is 0 Å². The van der Waals surface area contributed by atoms with Gasteiger partial charge in [-0.05, 0) is 36.3 Å². The standard InChI is InChI=1S/C18H19N3O2/c1-13(20-21-18(19)22)17(15-6-4-3-5-7-15)12-14-8-10-16(23-2)11-9-14/h3-12H,1-2H3,(H3,19,21,22)/b17-12+,20-13-. The zero-order valence-corrected chi connectivity index (χ0v) is 13.1. The van der Waals surface area contributed by atoms with Gasteiger partial charge in [-0.1, -0.05) is 42.5 Å². The molecule has 2 amide bonds. The number of primary amides is 1. The van der Waals surface area contributed by atoms with Gasteiger partial charge in [0.25, 0.3) is 0 Å². The second-order valence-corrected chi connectivity index (χ2v) is 4.87. The van der Waals surface area contributed by atoms with E-state index in [9.17, 15) is 4.79 Å². The quantitative estimate of drug-likeness (QED) is 0.505. The number of carbonyl (C=O) groups excluding carboxylic acids is 1. The first kappa shape index (κ1) is 16.3. The predicted molar refractivity (Wildman–Crippen MR) is 93.1 cm³/mol. The lowest BCUT2D eigenvalue weighted by atomic mass is 9.99. The number of hydrogen-bond donors (Lipinski definition) is 2. The maximum atomic E-state index is 10.9. The third-order valence-electron chi connectivity index (χ3n) is 3.24. The van der Waals surface area contributed by atoms with Crippen LogP contribution in [-0.2, 0) is 0 Å². The SMILES string of the molecule is COc1ccc(/C=C(\C(C)=N/NC(N)=O)c2ccccc2)cc1. The van der Waals surface area contributed by atoms with E-state index in [0.29, 0.717) is 5.71 Å². The molecule has 0 saturated heterocycles. The van der Waals surface area contributed by atoms with E-state index in [0.717, 1.165) is 22.4 Å². The van der Waals surface area contributed by atoms with Gasteiger partial charge >= 0.3 is 6.03 Å². The largest absolute Gasteiger partial charge is 0.497 e. The van der Waals surface area contributed by atoms with Gasteiger partial charge in [-0.15, -0.1) is 0 Å². The van der Waals surface area contributed by atoms with E-state index in [2.05, 4.69) is 10.5 Å². The van der Waals surface area contributed by atoms with Crippen LogP contribution >= 0.6 is 0 Å². The highest BCUT2D eigenvalue weighted by atomic mass is 16.5. The van der Waals surface area contributed by atoms with E-state index in [4.69, 9.17) is 10.5 Å². The van der Waals surface area contributed by atoms with Gasteiger partial charge in [-0.2, -0.15) is 5.10 Å². The van der Waals surface area contributed by atoms with E-state index >= 15 is 0 Å². The first-order valence-corrected chi connectivity index (χ1v) is 7.11. The minimum Gasteiger partial charge on any atom is -0.497 e. The number of nitrogens with two attached hydrogens (primary N) is 1. The number of hydrazone groups is 1. The fourth-order valence-electron chi connectivity index (χ4n) is 2.08. The van der Waals surface area contributed by atoms with Crippen molar-refractivity contribution < 1.29 is 9.53 Å². The van der Waals surface area contributed by atoms with Crippen molar-refractivity contribution in [2.45, 2.75) is 6.92 Å². The van der Waals surface area contributed by atoms with Crippen molar-refractivity contribution in [2.75, 3.05) is 7.11 Å². The third-order valence-corrected chi connectivity index (χ3v) is 3.24. The van der Waals surface area contributed by atoms with Crippen molar-refractivity contribution in [2.24, 2.45) is 10.8 Å². The molecule has 0 aliphatic carbocycles. The highest BCUT2D eigenvalue weighted by molar-refractivity contribution is 6.27. The zero-order chi connectivity index (χ0) is 16.7. The Morgan fingerprint density at radius 3 is 2.35 bits per heavy atom. The van der Waals surface area contributed by atoms with Crippen LogP contribution in [-0.4, -0.2) is 18.9 Å². The predicted octanol–water partition coefficient (Wildman–Crippen LogP) is 3.28. The van der Waals surface area contributed by atoms with Gasteiger partial charge in [0.2, 0.25) is 0 Å². The molecule has 2 rings (SSSR count). The smallest absolute Gasteiger partial charge is 0.332 e. The molecule has 0 aliphatic rings. The number of methoxy groups -OCH3 is 1. The summed E-state index contributed by atoms with van der Waals surface area (Å²) < 4.78 is 5.17. The summed E-state index contributed by atoms with van der Waals surface area (Å²) in [6, 6.07) is 16.8. The maximum absolute atomic E-state index is 10.9. The lowest BCUT2D eigenvalue weighted by Crippen LogP contribution is -2.25. The second kappa shape index (κ2) is 7.79. The molecular formula is C18H19N3O2. The molecule has 0 fully saturated rings. The average molecular weight is 309 g/mol. The summed E-state index contributed by atoms with van der Waals surface area (Å²) >= 11 is 0. The number of hydrogen-bond acceptors (Lipinski definition) is 3. The number of nitrogens with zero attached hydrogens (tertiary/aromatic N) is 1. The third kappa shape index (κ3) is 4.71. The van der Waals surface area contributed by atoms with Gasteiger partial charge in [0.15, 0.2) is 0 Å². The summed E-state index contributed by atoms with van der Waals surface area (Å²) in [7, 11) is 1.63. The van der Waals surface area contributed by atoms with Crippen molar-refractivity contribution in [3.05, 3.63) is 65.7 Å². The Hall–Kier alpha value is -3.08. The molecule has 0 atom stereocenters. The van der Waals surface area contributed by atoms with Crippen LogP contribution in [0.5, 0.6) is 5.75 Å². The van der Waals surface area contributed by atoms with Crippen LogP contribution in [0.2, 0.25) is 0 Å². The lowest BCUT2D eigenvalue weighted by molar-refractivity contribution is 0.249. The monoisotopic (exact) mass is 309 g/mol. The lowest BCUT2D eigenvalue weighted by Gasteiger charge is -2.09. The van der Waals surface area contributed by atoms with E-state index < -0.39 is 6.03 Å². The topological polar surface area (TPSA) is 76.7 Å². The number of carbonyl (C=O) groups is 1. The molecule has 0 unspecified atom stereocenters. The maximum Gasteiger partial charge on any atom is 0.332 e. The van der Waals surface area contributed by atoms with Crippen molar-refractivity contribution >= 4 is 23.4 Å². The van der Waals surface area contributed by atoms with Crippen molar-refractivity contribution in [1.82, 2.24) is 5.43 Å². The molecule has 5 heteroatoms. The molecule has 3 N–H and O–H groups in total. The Morgan fingerprint density at radius 2 is 1.78 bits per heavy atom. The summed E-state index contributed by atoms with van der Waals surface area (Å²) in [4.78, 5) is 10.9. The van der Waals surface area contributed by atoms with Crippen LogP contribution in [0.15, 0.2) is 59.7 Å². The number of urea groups is 1. The molecule has 23 heavy (non-hydrogen) atoms. The number of rotatable bonds is 5. The Balaban J connectivity index is 2.41. The Morgan fingerprint density at radius 1 is 1.13 bits per heavy atom. The van der Waals surface area contributed by atoms with Crippen molar-refractivity contribution in [3.8, 4) is 5.75 Å². The number of ether oxygens (including phenoxy) is 1. The van der Waals surface area contributed by atoms with Gasteiger partial charge in [0.05, 0.1) is 12.8 Å². The van der Waals surface area contributed by atoms with Gasteiger partial charge in [0.1, 0.15) is 5.75 Å². The molecule has 0 aromatic heterocycles. The molecule has 2 aromatic rings. The van der Waals surface area contributed by atoms with Crippen LogP contribution in [0, 0.1) is 0 Å². The fraction of sp³-hybridized carbons (Fsp3) is 0.111. The van der Waals surface area contributed by atoms with E-state index in [-0.39, 0.29) is 0 Å². The molecule has 0 heterocycles. The summed E-state index contributed by atoms with van der Waals surface area (Å²) in [5, 5.41) is 4.03. The van der Waals surface area contributed by atoms with Gasteiger partial charge in [-0.3, -0.25) is 0 Å². The zero-order valence-electron chi connectivity index (χ0n) is 13.1. The van der Waals surface area contributed by atoms with Crippen LogP contribution in [0.25, 0.3) is 11.6 Å². The van der Waals surface area contributed by atoms with E-state index in [1.54, 1.807) is 7.11 Å². The van der Waals surface area contributed by atoms with E-state index in [1.807, 2.05) is 67.6 Å². The number of benzene rings is 2. The highest BCUT2D eigenvalue weighted by Crippen LogP contribution is 2.21. The molecule has 2 aromatic carbocycles. The van der Waals surface area contributed by atoms with Crippen LogP contribution < -0.4 is 15.9 Å². The summed E-state index contributed by atoms with van der Waals surface area (Å²) in [6.07, 6.45) is 2.00.